The molecular formula is C25H27N7O2. The number of para-hydroxylation sites is 1. The van der Waals surface area contributed by atoms with E-state index in [1.54, 1.807) is 14.0 Å². The van der Waals surface area contributed by atoms with Crippen LogP contribution in [0.5, 0.6) is 0 Å². The van der Waals surface area contributed by atoms with E-state index in [1.807, 2.05) is 35.8 Å². The Kier molecular flexibility index (Phi) is 5.65. The largest absolute Gasteiger partial charge is 0.342 e. The van der Waals surface area contributed by atoms with Crippen LogP contribution in [-0.2, 0) is 20.1 Å². The molecular weight excluding hydrogens is 430 g/mol. The van der Waals surface area contributed by atoms with Crippen molar-refractivity contribution in [2.45, 2.75) is 46.2 Å². The lowest BCUT2D eigenvalue weighted by Crippen LogP contribution is -2.40. The maximum atomic E-state index is 13.7. The van der Waals surface area contributed by atoms with E-state index >= 15 is 0 Å². The van der Waals surface area contributed by atoms with E-state index in [0.29, 0.717) is 29.5 Å². The fourth-order valence-electron chi connectivity index (χ4n) is 4.65. The summed E-state index contributed by atoms with van der Waals surface area (Å²) in [5.41, 5.74) is 1.50. The molecule has 0 radical (unpaired) electrons. The lowest BCUT2D eigenvalue weighted by molar-refractivity contribution is 0.561. The summed E-state index contributed by atoms with van der Waals surface area (Å²) in [5, 5.41) is 0.948. The van der Waals surface area contributed by atoms with Gasteiger partial charge in [-0.3, -0.25) is 18.5 Å². The Hall–Kier alpha value is -3.93. The molecule has 1 saturated heterocycles. The number of benzene rings is 1. The van der Waals surface area contributed by atoms with Gasteiger partial charge in [-0.2, -0.15) is 4.98 Å². The molecule has 0 saturated carbocycles. The number of hydrogen-bond acceptors (Lipinski definition) is 6. The summed E-state index contributed by atoms with van der Waals surface area (Å²) in [5.74, 6) is 7.09. The molecule has 1 aliphatic rings. The third-order valence-electron chi connectivity index (χ3n) is 6.40. The van der Waals surface area contributed by atoms with E-state index in [9.17, 15) is 9.59 Å². The van der Waals surface area contributed by atoms with Gasteiger partial charge >= 0.3 is 5.69 Å². The normalized spacial score (nSPS) is 13.9. The highest BCUT2D eigenvalue weighted by molar-refractivity contribution is 5.80. The summed E-state index contributed by atoms with van der Waals surface area (Å²) in [6.07, 6.45) is 3.33. The molecule has 34 heavy (non-hydrogen) atoms. The van der Waals surface area contributed by atoms with Gasteiger partial charge in [0, 0.05) is 31.2 Å². The van der Waals surface area contributed by atoms with E-state index in [-0.39, 0.29) is 6.54 Å². The zero-order chi connectivity index (χ0) is 23.8. The van der Waals surface area contributed by atoms with Crippen molar-refractivity contribution in [3.8, 4) is 11.8 Å². The minimum atomic E-state index is -0.441. The Bertz CT molecular complexity index is 1580. The Morgan fingerprint density at radius 3 is 2.53 bits per heavy atom. The molecule has 174 valence electrons. The third kappa shape index (κ3) is 3.65. The smallest absolute Gasteiger partial charge is 0.332 e. The standard InChI is InChI=1S/C25H27N7O2/c1-4-5-15-31-21-22(28-24(31)30-13-9-6-10-14-30)29(3)25(34)32(23(21)33)16-20-26-17(2)18-11-7-8-12-19(18)27-20/h7-8,11-12H,6,9-10,13-16H2,1-3H3. The molecule has 1 aliphatic heterocycles. The number of rotatable bonds is 4. The molecule has 9 heteroatoms. The van der Waals surface area contributed by atoms with Crippen LogP contribution in [0.15, 0.2) is 33.9 Å². The zero-order valence-electron chi connectivity index (χ0n) is 19.7. The minimum Gasteiger partial charge on any atom is -0.342 e. The van der Waals surface area contributed by atoms with Gasteiger partial charge in [0.15, 0.2) is 11.2 Å². The number of aromatic nitrogens is 6. The van der Waals surface area contributed by atoms with Crippen molar-refractivity contribution in [2.75, 3.05) is 18.0 Å². The second-order valence-corrected chi connectivity index (χ2v) is 8.62. The van der Waals surface area contributed by atoms with Crippen LogP contribution >= 0.6 is 0 Å². The van der Waals surface area contributed by atoms with Crippen molar-refractivity contribution in [2.24, 2.45) is 7.05 Å². The average Bonchev–Trinajstić information content (AvgIpc) is 3.24. The van der Waals surface area contributed by atoms with Gasteiger partial charge < -0.3 is 4.90 Å². The molecule has 1 fully saturated rings. The lowest BCUT2D eigenvalue weighted by atomic mass is 10.1. The Balaban J connectivity index is 1.69. The summed E-state index contributed by atoms with van der Waals surface area (Å²) in [6, 6.07) is 7.71. The maximum absolute atomic E-state index is 13.7. The molecule has 0 aliphatic carbocycles. The number of fused-ring (bicyclic) bond motifs is 2. The number of aryl methyl sites for hydroxylation is 2. The number of imidazole rings is 1. The number of nitrogens with zero attached hydrogens (tertiary/aromatic N) is 7. The number of piperidine rings is 1. The predicted octanol–water partition coefficient (Wildman–Crippen LogP) is 2.21. The summed E-state index contributed by atoms with van der Waals surface area (Å²) in [7, 11) is 1.65. The summed E-state index contributed by atoms with van der Waals surface area (Å²) in [4.78, 5) is 43.1. The SMILES string of the molecule is CC#CCn1c(N2CCCCC2)nc2c1c(=O)n(Cc1nc(C)c3ccccc3n1)c(=O)n2C. The maximum Gasteiger partial charge on any atom is 0.332 e. The second-order valence-electron chi connectivity index (χ2n) is 8.62. The first kappa shape index (κ1) is 21.9. The van der Waals surface area contributed by atoms with E-state index in [4.69, 9.17) is 4.98 Å². The van der Waals surface area contributed by atoms with Crippen molar-refractivity contribution >= 4 is 28.0 Å². The predicted molar refractivity (Wildman–Crippen MR) is 132 cm³/mol. The van der Waals surface area contributed by atoms with Crippen molar-refractivity contribution in [3.63, 3.8) is 0 Å². The average molecular weight is 458 g/mol. The van der Waals surface area contributed by atoms with Gasteiger partial charge in [0.05, 0.1) is 18.6 Å². The molecule has 0 unspecified atom stereocenters. The van der Waals surface area contributed by atoms with Crippen molar-refractivity contribution in [3.05, 3.63) is 56.6 Å². The molecule has 0 bridgehead atoms. The molecule has 1 aromatic carbocycles. The van der Waals surface area contributed by atoms with Gasteiger partial charge in [0.2, 0.25) is 5.95 Å². The topological polar surface area (TPSA) is 90.8 Å². The van der Waals surface area contributed by atoms with Gasteiger partial charge in [-0.05, 0) is 39.2 Å². The van der Waals surface area contributed by atoms with Crippen LogP contribution in [0.3, 0.4) is 0 Å². The lowest BCUT2D eigenvalue weighted by Gasteiger charge is -2.27. The first-order chi connectivity index (χ1) is 16.5. The highest BCUT2D eigenvalue weighted by atomic mass is 16.2. The van der Waals surface area contributed by atoms with E-state index in [2.05, 4.69) is 26.7 Å². The molecule has 4 aromatic rings. The van der Waals surface area contributed by atoms with Crippen LogP contribution in [0, 0.1) is 18.8 Å². The first-order valence-corrected chi connectivity index (χ1v) is 11.6. The van der Waals surface area contributed by atoms with E-state index in [1.165, 1.54) is 15.6 Å². The molecule has 0 spiro atoms. The zero-order valence-corrected chi connectivity index (χ0v) is 19.7. The Labute approximate surface area is 196 Å². The molecule has 0 amide bonds. The van der Waals surface area contributed by atoms with Crippen LogP contribution in [0.2, 0.25) is 0 Å². The minimum absolute atomic E-state index is 0.0171. The van der Waals surface area contributed by atoms with Crippen LogP contribution in [0.1, 0.15) is 37.7 Å². The molecule has 5 rings (SSSR count). The van der Waals surface area contributed by atoms with Gasteiger partial charge in [-0.1, -0.05) is 24.1 Å². The quantitative estimate of drug-likeness (QED) is 0.437. The molecule has 9 nitrogen and oxygen atoms in total. The van der Waals surface area contributed by atoms with Crippen molar-refractivity contribution in [1.82, 2.24) is 28.7 Å². The fraction of sp³-hybridized carbons (Fsp3) is 0.400. The highest BCUT2D eigenvalue weighted by Crippen LogP contribution is 2.23. The van der Waals surface area contributed by atoms with Crippen LogP contribution < -0.4 is 16.1 Å². The Morgan fingerprint density at radius 2 is 1.76 bits per heavy atom. The van der Waals surface area contributed by atoms with E-state index in [0.717, 1.165) is 42.5 Å². The van der Waals surface area contributed by atoms with Crippen LogP contribution in [-0.4, -0.2) is 41.7 Å². The third-order valence-corrected chi connectivity index (χ3v) is 6.40. The van der Waals surface area contributed by atoms with Gasteiger partial charge in [-0.15, -0.1) is 5.92 Å². The summed E-state index contributed by atoms with van der Waals surface area (Å²) >= 11 is 0. The molecule has 3 aromatic heterocycles. The molecule has 0 atom stereocenters. The van der Waals surface area contributed by atoms with Crippen LogP contribution in [0.25, 0.3) is 22.1 Å². The van der Waals surface area contributed by atoms with Gasteiger partial charge in [-0.25, -0.2) is 14.8 Å². The summed E-state index contributed by atoms with van der Waals surface area (Å²) < 4.78 is 4.49. The molecule has 0 N–H and O–H groups in total. The Morgan fingerprint density at radius 1 is 1.00 bits per heavy atom. The molecule has 4 heterocycles. The fourth-order valence-corrected chi connectivity index (χ4v) is 4.65. The van der Waals surface area contributed by atoms with E-state index < -0.39 is 11.2 Å². The monoisotopic (exact) mass is 457 g/mol. The first-order valence-electron chi connectivity index (χ1n) is 11.6. The summed E-state index contributed by atoms with van der Waals surface area (Å²) in [6.45, 7) is 5.73. The van der Waals surface area contributed by atoms with Crippen molar-refractivity contribution in [1.29, 1.82) is 0 Å². The number of anilines is 1. The van der Waals surface area contributed by atoms with Gasteiger partial charge in [0.25, 0.3) is 5.56 Å². The van der Waals surface area contributed by atoms with Crippen molar-refractivity contribution < 1.29 is 0 Å². The highest BCUT2D eigenvalue weighted by Gasteiger charge is 2.24. The van der Waals surface area contributed by atoms with Gasteiger partial charge in [0.1, 0.15) is 5.82 Å². The number of hydrogen-bond donors (Lipinski definition) is 0. The second kappa shape index (κ2) is 8.78. The van der Waals surface area contributed by atoms with Crippen LogP contribution in [0.4, 0.5) is 5.95 Å².